The lowest BCUT2D eigenvalue weighted by Gasteiger charge is -2.09. The average Bonchev–Trinajstić information content (AvgIpc) is 2.85. The summed E-state index contributed by atoms with van der Waals surface area (Å²) < 4.78 is 5.47. The summed E-state index contributed by atoms with van der Waals surface area (Å²) in [5, 5.41) is 13.0. The zero-order valence-corrected chi connectivity index (χ0v) is 10.0. The van der Waals surface area contributed by atoms with E-state index in [0.717, 1.165) is 30.0 Å². The molecule has 1 aliphatic heterocycles. The number of rotatable bonds is 3. The highest BCUT2D eigenvalue weighted by Crippen LogP contribution is 2.28. The molecule has 0 saturated carbocycles. The average molecular weight is 241 g/mol. The molecule has 0 fully saturated rings. The molecule has 18 heavy (non-hydrogen) atoms. The molecule has 2 aromatic carbocycles. The summed E-state index contributed by atoms with van der Waals surface area (Å²) in [6, 6.07) is 13.5. The van der Waals surface area contributed by atoms with Crippen molar-refractivity contribution in [3.63, 3.8) is 0 Å². The minimum absolute atomic E-state index is 0.328. The van der Waals surface area contributed by atoms with Crippen LogP contribution in [0.1, 0.15) is 11.1 Å². The molecule has 3 rings (SSSR count). The maximum absolute atomic E-state index is 9.68. The SMILES string of the molecule is Oc1ccccc1CNc1ccc2c(c1)CCO2. The first-order valence-corrected chi connectivity index (χ1v) is 6.09. The number of hydrogen-bond donors (Lipinski definition) is 2. The van der Waals surface area contributed by atoms with Crippen LogP contribution in [0, 0.1) is 0 Å². The van der Waals surface area contributed by atoms with Gasteiger partial charge >= 0.3 is 0 Å². The number of hydrogen-bond acceptors (Lipinski definition) is 3. The van der Waals surface area contributed by atoms with Crippen molar-refractivity contribution in [1.82, 2.24) is 0 Å². The highest BCUT2D eigenvalue weighted by Gasteiger charge is 2.11. The predicted molar refractivity (Wildman–Crippen MR) is 71.1 cm³/mol. The van der Waals surface area contributed by atoms with Crippen molar-refractivity contribution < 1.29 is 9.84 Å². The molecule has 1 aliphatic rings. The third kappa shape index (κ3) is 2.12. The number of ether oxygens (including phenoxy) is 1. The van der Waals surface area contributed by atoms with Gasteiger partial charge in [0.05, 0.1) is 6.61 Å². The van der Waals surface area contributed by atoms with Gasteiger partial charge in [0.15, 0.2) is 0 Å². The number of phenolic OH excluding ortho intramolecular Hbond substituents is 1. The van der Waals surface area contributed by atoms with Crippen LogP contribution in [0.3, 0.4) is 0 Å². The summed E-state index contributed by atoms with van der Waals surface area (Å²) in [5.74, 6) is 1.32. The molecule has 2 aromatic rings. The second-order valence-corrected chi connectivity index (χ2v) is 4.40. The molecule has 0 aliphatic carbocycles. The standard InChI is InChI=1S/C15H15NO2/c17-14-4-2-1-3-12(14)10-16-13-5-6-15-11(9-13)7-8-18-15/h1-6,9,16-17H,7-8,10H2. The first kappa shape index (κ1) is 11.0. The zero-order chi connectivity index (χ0) is 12.4. The van der Waals surface area contributed by atoms with Crippen molar-refractivity contribution in [2.75, 3.05) is 11.9 Å². The Bertz CT molecular complexity index is 566. The molecular weight excluding hydrogens is 226 g/mol. The van der Waals surface area contributed by atoms with Gasteiger partial charge in [0.25, 0.3) is 0 Å². The van der Waals surface area contributed by atoms with Gasteiger partial charge in [0.2, 0.25) is 0 Å². The van der Waals surface area contributed by atoms with Gasteiger partial charge < -0.3 is 15.2 Å². The summed E-state index contributed by atoms with van der Waals surface area (Å²) in [4.78, 5) is 0. The largest absolute Gasteiger partial charge is 0.508 e. The molecule has 0 spiro atoms. The van der Waals surface area contributed by atoms with E-state index in [1.807, 2.05) is 30.3 Å². The van der Waals surface area contributed by atoms with Crippen LogP contribution in [-0.2, 0) is 13.0 Å². The summed E-state index contributed by atoms with van der Waals surface area (Å²) in [6.45, 7) is 1.39. The van der Waals surface area contributed by atoms with Crippen LogP contribution in [0.15, 0.2) is 42.5 Å². The highest BCUT2D eigenvalue weighted by atomic mass is 16.5. The van der Waals surface area contributed by atoms with E-state index in [2.05, 4.69) is 11.4 Å². The summed E-state index contributed by atoms with van der Waals surface area (Å²) >= 11 is 0. The number of para-hydroxylation sites is 1. The summed E-state index contributed by atoms with van der Waals surface area (Å²) in [6.07, 6.45) is 0.974. The minimum Gasteiger partial charge on any atom is -0.508 e. The maximum atomic E-state index is 9.68. The van der Waals surface area contributed by atoms with Crippen LogP contribution in [0.5, 0.6) is 11.5 Å². The highest BCUT2D eigenvalue weighted by molar-refractivity contribution is 5.53. The molecule has 0 bridgehead atoms. The summed E-state index contributed by atoms with van der Waals surface area (Å²) in [5.41, 5.74) is 3.20. The Labute approximate surface area is 106 Å². The molecule has 0 atom stereocenters. The van der Waals surface area contributed by atoms with Gasteiger partial charge in [-0.1, -0.05) is 18.2 Å². The monoisotopic (exact) mass is 241 g/mol. The van der Waals surface area contributed by atoms with Crippen LogP contribution in [0.2, 0.25) is 0 Å². The number of benzene rings is 2. The van der Waals surface area contributed by atoms with Gasteiger partial charge in [-0.3, -0.25) is 0 Å². The van der Waals surface area contributed by atoms with E-state index < -0.39 is 0 Å². The number of aromatic hydroxyl groups is 1. The molecule has 3 heteroatoms. The third-order valence-corrected chi connectivity index (χ3v) is 3.16. The van der Waals surface area contributed by atoms with Gasteiger partial charge in [-0.2, -0.15) is 0 Å². The van der Waals surface area contributed by atoms with E-state index in [4.69, 9.17) is 4.74 Å². The van der Waals surface area contributed by atoms with Crippen molar-refractivity contribution in [2.24, 2.45) is 0 Å². The molecular formula is C15H15NO2. The Morgan fingerprint density at radius 3 is 2.94 bits per heavy atom. The molecule has 0 saturated heterocycles. The Balaban J connectivity index is 1.72. The van der Waals surface area contributed by atoms with Crippen LogP contribution < -0.4 is 10.1 Å². The lowest BCUT2D eigenvalue weighted by molar-refractivity contribution is 0.357. The Kier molecular flexibility index (Phi) is 2.81. The molecule has 92 valence electrons. The van der Waals surface area contributed by atoms with E-state index >= 15 is 0 Å². The van der Waals surface area contributed by atoms with E-state index in [-0.39, 0.29) is 0 Å². The van der Waals surface area contributed by atoms with Gasteiger partial charge in [-0.25, -0.2) is 0 Å². The smallest absolute Gasteiger partial charge is 0.122 e. The topological polar surface area (TPSA) is 41.5 Å². The Morgan fingerprint density at radius 2 is 2.06 bits per heavy atom. The summed E-state index contributed by atoms with van der Waals surface area (Å²) in [7, 11) is 0. The van der Waals surface area contributed by atoms with Gasteiger partial charge in [-0.05, 0) is 29.8 Å². The molecule has 0 unspecified atom stereocenters. The van der Waals surface area contributed by atoms with Crippen LogP contribution in [-0.4, -0.2) is 11.7 Å². The Hall–Kier alpha value is -2.16. The normalized spacial score (nSPS) is 12.9. The zero-order valence-electron chi connectivity index (χ0n) is 10.0. The van der Waals surface area contributed by atoms with Crippen molar-refractivity contribution in [2.45, 2.75) is 13.0 Å². The van der Waals surface area contributed by atoms with Crippen molar-refractivity contribution in [3.05, 3.63) is 53.6 Å². The second kappa shape index (κ2) is 4.61. The maximum Gasteiger partial charge on any atom is 0.122 e. The number of anilines is 1. The molecule has 3 nitrogen and oxygen atoms in total. The van der Waals surface area contributed by atoms with Crippen LogP contribution >= 0.6 is 0 Å². The Morgan fingerprint density at radius 1 is 1.17 bits per heavy atom. The van der Waals surface area contributed by atoms with Crippen LogP contribution in [0.25, 0.3) is 0 Å². The van der Waals surface area contributed by atoms with E-state index in [0.29, 0.717) is 12.3 Å². The minimum atomic E-state index is 0.328. The fourth-order valence-electron chi connectivity index (χ4n) is 2.15. The third-order valence-electron chi connectivity index (χ3n) is 3.16. The lowest BCUT2D eigenvalue weighted by Crippen LogP contribution is -1.99. The fourth-order valence-corrected chi connectivity index (χ4v) is 2.15. The molecule has 0 amide bonds. The fraction of sp³-hybridized carbons (Fsp3) is 0.200. The quantitative estimate of drug-likeness (QED) is 0.868. The van der Waals surface area contributed by atoms with E-state index in [1.165, 1.54) is 5.56 Å². The molecule has 2 N–H and O–H groups in total. The van der Waals surface area contributed by atoms with Crippen molar-refractivity contribution >= 4 is 5.69 Å². The first-order valence-electron chi connectivity index (χ1n) is 6.09. The van der Waals surface area contributed by atoms with Gasteiger partial charge in [0.1, 0.15) is 11.5 Å². The number of nitrogens with one attached hydrogen (secondary N) is 1. The number of phenols is 1. The van der Waals surface area contributed by atoms with Crippen molar-refractivity contribution in [3.8, 4) is 11.5 Å². The van der Waals surface area contributed by atoms with Gasteiger partial charge in [0, 0.05) is 24.2 Å². The van der Waals surface area contributed by atoms with E-state index in [9.17, 15) is 5.11 Å². The molecule has 1 heterocycles. The lowest BCUT2D eigenvalue weighted by atomic mass is 10.1. The first-order chi connectivity index (χ1) is 8.83. The molecule has 0 aromatic heterocycles. The number of fused-ring (bicyclic) bond motifs is 1. The molecule has 0 radical (unpaired) electrons. The van der Waals surface area contributed by atoms with Crippen LogP contribution in [0.4, 0.5) is 5.69 Å². The second-order valence-electron chi connectivity index (χ2n) is 4.40. The van der Waals surface area contributed by atoms with Crippen molar-refractivity contribution in [1.29, 1.82) is 0 Å². The van der Waals surface area contributed by atoms with E-state index in [1.54, 1.807) is 6.07 Å². The predicted octanol–water partition coefficient (Wildman–Crippen LogP) is 2.94. The van der Waals surface area contributed by atoms with Gasteiger partial charge in [-0.15, -0.1) is 0 Å².